The number of carbonyl (C=O) groups is 1. The van der Waals surface area contributed by atoms with E-state index in [0.29, 0.717) is 31.7 Å². The minimum absolute atomic E-state index is 0.187. The van der Waals surface area contributed by atoms with Crippen LogP contribution < -0.4 is 0 Å². The Kier molecular flexibility index (Phi) is 6.58. The Morgan fingerprint density at radius 1 is 1.38 bits per heavy atom. The van der Waals surface area contributed by atoms with Gasteiger partial charge >= 0.3 is 0 Å². The predicted molar refractivity (Wildman–Crippen MR) is 90.5 cm³/mol. The number of amides is 1. The van der Waals surface area contributed by atoms with Crippen LogP contribution >= 0.6 is 27.7 Å². The summed E-state index contributed by atoms with van der Waals surface area (Å²) in [6.45, 7) is 3.66. The maximum Gasteiger partial charge on any atom is 0.222 e. The SMILES string of the molecule is CC(CSc1ccc(Br)cc1)CN1CCC(O)CCC1=O. The van der Waals surface area contributed by atoms with E-state index in [-0.39, 0.29) is 12.0 Å². The highest BCUT2D eigenvalue weighted by molar-refractivity contribution is 9.10. The fraction of sp³-hybridized carbons (Fsp3) is 0.562. The Morgan fingerprint density at radius 3 is 2.81 bits per heavy atom. The molecular weight excluding hydrogens is 350 g/mol. The van der Waals surface area contributed by atoms with Crippen LogP contribution in [0.4, 0.5) is 0 Å². The highest BCUT2D eigenvalue weighted by atomic mass is 79.9. The summed E-state index contributed by atoms with van der Waals surface area (Å²) < 4.78 is 1.09. The van der Waals surface area contributed by atoms with Crippen LogP contribution in [0.15, 0.2) is 33.6 Å². The highest BCUT2D eigenvalue weighted by Gasteiger charge is 2.22. The minimum atomic E-state index is -0.314. The lowest BCUT2D eigenvalue weighted by Crippen LogP contribution is -2.35. The van der Waals surface area contributed by atoms with Crippen molar-refractivity contribution >= 4 is 33.6 Å². The van der Waals surface area contributed by atoms with Gasteiger partial charge in [-0.05, 0) is 43.0 Å². The Labute approximate surface area is 139 Å². The molecule has 0 bridgehead atoms. The number of hydrogen-bond donors (Lipinski definition) is 1. The van der Waals surface area contributed by atoms with Crippen molar-refractivity contribution in [2.75, 3.05) is 18.8 Å². The molecule has 5 heteroatoms. The second kappa shape index (κ2) is 8.20. The van der Waals surface area contributed by atoms with Gasteiger partial charge in [0.15, 0.2) is 0 Å². The van der Waals surface area contributed by atoms with Gasteiger partial charge in [0.25, 0.3) is 0 Å². The van der Waals surface area contributed by atoms with Crippen molar-refractivity contribution < 1.29 is 9.90 Å². The maximum absolute atomic E-state index is 12.0. The van der Waals surface area contributed by atoms with Crippen molar-refractivity contribution in [1.29, 1.82) is 0 Å². The summed E-state index contributed by atoms with van der Waals surface area (Å²) in [5.74, 6) is 1.62. The van der Waals surface area contributed by atoms with Crippen LogP contribution in [0.1, 0.15) is 26.2 Å². The van der Waals surface area contributed by atoms with E-state index in [2.05, 4.69) is 35.0 Å². The summed E-state index contributed by atoms with van der Waals surface area (Å²) in [5.41, 5.74) is 0. The smallest absolute Gasteiger partial charge is 0.222 e. The third-order valence-electron chi connectivity index (χ3n) is 3.66. The summed E-state index contributed by atoms with van der Waals surface area (Å²) in [5, 5.41) is 9.65. The van der Waals surface area contributed by atoms with Crippen molar-refractivity contribution in [3.8, 4) is 0 Å². The van der Waals surface area contributed by atoms with Gasteiger partial charge in [-0.15, -0.1) is 11.8 Å². The van der Waals surface area contributed by atoms with E-state index < -0.39 is 0 Å². The maximum atomic E-state index is 12.0. The van der Waals surface area contributed by atoms with Gasteiger partial charge in [-0.1, -0.05) is 22.9 Å². The first-order valence-corrected chi connectivity index (χ1v) is 9.16. The monoisotopic (exact) mass is 371 g/mol. The van der Waals surface area contributed by atoms with E-state index in [1.807, 2.05) is 28.8 Å². The van der Waals surface area contributed by atoms with Crippen LogP contribution in [0, 0.1) is 5.92 Å². The van der Waals surface area contributed by atoms with Crippen LogP contribution in [0.2, 0.25) is 0 Å². The van der Waals surface area contributed by atoms with Gasteiger partial charge < -0.3 is 10.0 Å². The molecule has 0 saturated carbocycles. The average Bonchev–Trinajstić information content (AvgIpc) is 2.62. The normalized spacial score (nSPS) is 21.2. The molecule has 1 fully saturated rings. The van der Waals surface area contributed by atoms with E-state index in [9.17, 15) is 9.90 Å². The van der Waals surface area contributed by atoms with Crippen LogP contribution in [0.25, 0.3) is 0 Å². The van der Waals surface area contributed by atoms with Gasteiger partial charge in [-0.2, -0.15) is 0 Å². The zero-order chi connectivity index (χ0) is 15.2. The number of aliphatic hydroxyl groups excluding tert-OH is 1. The predicted octanol–water partition coefficient (Wildman–Crippen LogP) is 3.55. The zero-order valence-electron chi connectivity index (χ0n) is 12.3. The molecule has 0 aromatic heterocycles. The lowest BCUT2D eigenvalue weighted by Gasteiger charge is -2.24. The topological polar surface area (TPSA) is 40.5 Å². The quantitative estimate of drug-likeness (QED) is 0.804. The number of likely N-dealkylation sites (tertiary alicyclic amines) is 1. The number of rotatable bonds is 5. The molecule has 1 aromatic carbocycles. The third-order valence-corrected chi connectivity index (χ3v) is 5.53. The summed E-state index contributed by atoms with van der Waals surface area (Å²) in [6, 6.07) is 8.31. The molecular formula is C16H22BrNO2S. The molecule has 21 heavy (non-hydrogen) atoms. The molecule has 1 saturated heterocycles. The van der Waals surface area contributed by atoms with Gasteiger partial charge in [0.1, 0.15) is 0 Å². The summed E-state index contributed by atoms with van der Waals surface area (Å²) in [6.07, 6.45) is 1.48. The first-order chi connectivity index (χ1) is 10.0. The lowest BCUT2D eigenvalue weighted by molar-refractivity contribution is -0.131. The Balaban J connectivity index is 1.79. The van der Waals surface area contributed by atoms with Crippen molar-refractivity contribution in [2.45, 2.75) is 37.2 Å². The van der Waals surface area contributed by atoms with E-state index in [1.165, 1.54) is 4.90 Å². The van der Waals surface area contributed by atoms with Gasteiger partial charge in [0.2, 0.25) is 5.91 Å². The Hall–Kier alpha value is -0.520. The van der Waals surface area contributed by atoms with Crippen molar-refractivity contribution in [3.63, 3.8) is 0 Å². The van der Waals surface area contributed by atoms with E-state index in [1.54, 1.807) is 0 Å². The number of nitrogens with zero attached hydrogens (tertiary/aromatic N) is 1. The number of hydrogen-bond acceptors (Lipinski definition) is 3. The second-order valence-corrected chi connectivity index (χ2v) is 7.70. The second-order valence-electron chi connectivity index (χ2n) is 5.69. The van der Waals surface area contributed by atoms with Gasteiger partial charge in [-0.3, -0.25) is 4.79 Å². The summed E-state index contributed by atoms with van der Waals surface area (Å²) >= 11 is 5.26. The van der Waals surface area contributed by atoms with Gasteiger partial charge in [-0.25, -0.2) is 0 Å². The van der Waals surface area contributed by atoms with Crippen LogP contribution in [-0.4, -0.2) is 40.9 Å². The van der Waals surface area contributed by atoms with Gasteiger partial charge in [0.05, 0.1) is 6.10 Å². The molecule has 1 aromatic rings. The molecule has 1 aliphatic heterocycles. The number of thioether (sulfide) groups is 1. The number of halogens is 1. The van der Waals surface area contributed by atoms with E-state index >= 15 is 0 Å². The molecule has 2 rings (SSSR count). The van der Waals surface area contributed by atoms with E-state index in [0.717, 1.165) is 16.8 Å². The molecule has 1 heterocycles. The number of aliphatic hydroxyl groups is 1. The number of carbonyl (C=O) groups excluding carboxylic acids is 1. The van der Waals surface area contributed by atoms with Crippen LogP contribution in [0.3, 0.4) is 0 Å². The molecule has 2 unspecified atom stereocenters. The van der Waals surface area contributed by atoms with Crippen molar-refractivity contribution in [2.24, 2.45) is 5.92 Å². The summed E-state index contributed by atoms with van der Waals surface area (Å²) in [4.78, 5) is 15.2. The Morgan fingerprint density at radius 2 is 2.10 bits per heavy atom. The zero-order valence-corrected chi connectivity index (χ0v) is 14.7. The van der Waals surface area contributed by atoms with Crippen LogP contribution in [0.5, 0.6) is 0 Å². The standard InChI is InChI=1S/C16H22BrNO2S/c1-12(11-21-15-5-2-13(17)3-6-15)10-18-9-8-14(19)4-7-16(18)20/h2-3,5-6,12,14,19H,4,7-11H2,1H3. The molecule has 0 spiro atoms. The van der Waals surface area contributed by atoms with E-state index in [4.69, 9.17) is 0 Å². The minimum Gasteiger partial charge on any atom is -0.393 e. The molecule has 1 N–H and O–H groups in total. The first-order valence-electron chi connectivity index (χ1n) is 7.39. The molecule has 1 amide bonds. The molecule has 116 valence electrons. The summed E-state index contributed by atoms with van der Waals surface area (Å²) in [7, 11) is 0. The molecule has 2 atom stereocenters. The van der Waals surface area contributed by atoms with Gasteiger partial charge in [0, 0.05) is 34.6 Å². The van der Waals surface area contributed by atoms with Crippen LogP contribution in [-0.2, 0) is 4.79 Å². The average molecular weight is 372 g/mol. The number of benzene rings is 1. The van der Waals surface area contributed by atoms with Crippen molar-refractivity contribution in [3.05, 3.63) is 28.7 Å². The van der Waals surface area contributed by atoms with Crippen molar-refractivity contribution in [1.82, 2.24) is 4.90 Å². The largest absolute Gasteiger partial charge is 0.393 e. The molecule has 3 nitrogen and oxygen atoms in total. The Bertz CT molecular complexity index is 466. The fourth-order valence-electron chi connectivity index (χ4n) is 2.41. The molecule has 0 radical (unpaired) electrons. The fourth-order valence-corrected chi connectivity index (χ4v) is 3.59. The third kappa shape index (κ3) is 5.64. The molecule has 0 aliphatic carbocycles. The molecule has 1 aliphatic rings. The first kappa shape index (κ1) is 16.8. The lowest BCUT2D eigenvalue weighted by atomic mass is 10.2. The highest BCUT2D eigenvalue weighted by Crippen LogP contribution is 2.23.